The number of para-hydroxylation sites is 2. The fourth-order valence-electron chi connectivity index (χ4n) is 1.93. The van der Waals surface area contributed by atoms with Crippen molar-refractivity contribution in [2.45, 2.75) is 38.5 Å². The van der Waals surface area contributed by atoms with Crippen LogP contribution in [-0.4, -0.2) is 11.9 Å². The zero-order chi connectivity index (χ0) is 14.2. The van der Waals surface area contributed by atoms with Crippen LogP contribution in [0.4, 0.5) is 0 Å². The van der Waals surface area contributed by atoms with E-state index >= 15 is 0 Å². The number of hydrogen-bond acceptors (Lipinski definition) is 4. The molecule has 1 aliphatic heterocycles. The van der Waals surface area contributed by atoms with Gasteiger partial charge < -0.3 is 9.47 Å². The van der Waals surface area contributed by atoms with Crippen molar-refractivity contribution in [3.63, 3.8) is 0 Å². The number of rotatable bonds is 0. The third-order valence-electron chi connectivity index (χ3n) is 2.97. The Kier molecular flexibility index (Phi) is 5.35. The molecule has 0 amide bonds. The molecule has 0 saturated carbocycles. The second kappa shape index (κ2) is 7.48. The SMILES string of the molecule is O=C1CCCC=CCCCC(=O)Oc2ccccc2O1. The minimum Gasteiger partial charge on any atom is -0.423 e. The Labute approximate surface area is 118 Å². The number of ether oxygens (including phenoxy) is 2. The summed E-state index contributed by atoms with van der Waals surface area (Å²) in [6.45, 7) is 0. The van der Waals surface area contributed by atoms with Gasteiger partial charge in [0.05, 0.1) is 0 Å². The van der Waals surface area contributed by atoms with Crippen molar-refractivity contribution in [1.29, 1.82) is 0 Å². The van der Waals surface area contributed by atoms with Crippen LogP contribution < -0.4 is 9.47 Å². The first-order valence-electron chi connectivity index (χ1n) is 6.91. The minimum atomic E-state index is -0.307. The zero-order valence-electron chi connectivity index (χ0n) is 11.3. The highest BCUT2D eigenvalue weighted by Crippen LogP contribution is 2.27. The van der Waals surface area contributed by atoms with Gasteiger partial charge in [-0.15, -0.1) is 0 Å². The predicted octanol–water partition coefficient (Wildman–Crippen LogP) is 3.41. The Morgan fingerprint density at radius 2 is 1.20 bits per heavy atom. The first-order valence-corrected chi connectivity index (χ1v) is 6.91. The van der Waals surface area contributed by atoms with E-state index in [2.05, 4.69) is 0 Å². The Hall–Kier alpha value is -2.10. The van der Waals surface area contributed by atoms with Gasteiger partial charge in [0.25, 0.3) is 0 Å². The van der Waals surface area contributed by atoms with Crippen LogP contribution in [0.2, 0.25) is 0 Å². The van der Waals surface area contributed by atoms with Crippen molar-refractivity contribution in [3.05, 3.63) is 36.4 Å². The van der Waals surface area contributed by atoms with E-state index in [1.54, 1.807) is 24.3 Å². The standard InChI is InChI=1S/C16H18O4/c17-15-11-5-3-1-2-4-6-12-16(18)20-14-10-8-7-9-13(14)19-15/h1-2,7-10H,3-6,11-12H2. The second-order valence-electron chi connectivity index (χ2n) is 4.65. The van der Waals surface area contributed by atoms with Crippen LogP contribution >= 0.6 is 0 Å². The molecule has 0 bridgehead atoms. The normalized spacial score (nSPS) is 17.6. The van der Waals surface area contributed by atoms with Crippen molar-refractivity contribution < 1.29 is 19.1 Å². The lowest BCUT2D eigenvalue weighted by Crippen LogP contribution is -2.12. The van der Waals surface area contributed by atoms with Crippen LogP contribution in [0.3, 0.4) is 0 Å². The smallest absolute Gasteiger partial charge is 0.311 e. The van der Waals surface area contributed by atoms with Gasteiger partial charge >= 0.3 is 11.9 Å². The summed E-state index contributed by atoms with van der Waals surface area (Å²) in [7, 11) is 0. The summed E-state index contributed by atoms with van der Waals surface area (Å²) < 4.78 is 10.5. The van der Waals surface area contributed by atoms with Gasteiger partial charge in [-0.05, 0) is 37.8 Å². The van der Waals surface area contributed by atoms with E-state index in [-0.39, 0.29) is 11.9 Å². The van der Waals surface area contributed by atoms with Gasteiger partial charge in [0.15, 0.2) is 11.5 Å². The van der Waals surface area contributed by atoms with E-state index in [0.717, 1.165) is 25.7 Å². The Morgan fingerprint density at radius 3 is 1.65 bits per heavy atom. The van der Waals surface area contributed by atoms with Crippen molar-refractivity contribution in [3.8, 4) is 11.5 Å². The largest absolute Gasteiger partial charge is 0.423 e. The summed E-state index contributed by atoms with van der Waals surface area (Å²) in [5, 5.41) is 0. The summed E-state index contributed by atoms with van der Waals surface area (Å²) in [4.78, 5) is 23.4. The molecule has 0 N–H and O–H groups in total. The maximum Gasteiger partial charge on any atom is 0.311 e. The molecule has 0 radical (unpaired) electrons. The van der Waals surface area contributed by atoms with E-state index < -0.39 is 0 Å². The van der Waals surface area contributed by atoms with Crippen LogP contribution in [0.25, 0.3) is 0 Å². The molecule has 106 valence electrons. The molecule has 1 aromatic carbocycles. The molecule has 1 aliphatic rings. The molecule has 0 aromatic heterocycles. The monoisotopic (exact) mass is 274 g/mol. The van der Waals surface area contributed by atoms with E-state index in [1.807, 2.05) is 12.2 Å². The molecule has 0 unspecified atom stereocenters. The minimum absolute atomic E-state index is 0.304. The molecule has 4 nitrogen and oxygen atoms in total. The molecule has 0 aliphatic carbocycles. The lowest BCUT2D eigenvalue weighted by atomic mass is 10.2. The number of carbonyl (C=O) groups is 2. The molecule has 2 rings (SSSR count). The number of carbonyl (C=O) groups excluding carboxylic acids is 2. The first kappa shape index (κ1) is 14.3. The summed E-state index contributed by atoms with van der Waals surface area (Å²) in [5.74, 6) is -0.00480. The highest BCUT2D eigenvalue weighted by molar-refractivity contribution is 5.76. The molecule has 0 saturated heterocycles. The fourth-order valence-corrected chi connectivity index (χ4v) is 1.93. The van der Waals surface area contributed by atoms with Crippen LogP contribution in [0, 0.1) is 0 Å². The molecule has 4 heteroatoms. The fraction of sp³-hybridized carbons (Fsp3) is 0.375. The molecule has 0 fully saturated rings. The second-order valence-corrected chi connectivity index (χ2v) is 4.65. The highest BCUT2D eigenvalue weighted by Gasteiger charge is 2.13. The van der Waals surface area contributed by atoms with Crippen molar-refractivity contribution >= 4 is 11.9 Å². The lowest BCUT2D eigenvalue weighted by Gasteiger charge is -2.10. The summed E-state index contributed by atoms with van der Waals surface area (Å²) in [6.07, 6.45) is 8.01. The van der Waals surface area contributed by atoms with Gasteiger partial charge in [-0.3, -0.25) is 9.59 Å². The van der Waals surface area contributed by atoms with Gasteiger partial charge in [-0.2, -0.15) is 0 Å². The number of allylic oxidation sites excluding steroid dienone is 2. The van der Waals surface area contributed by atoms with Gasteiger partial charge in [0, 0.05) is 12.8 Å². The number of hydrogen-bond donors (Lipinski definition) is 0. The van der Waals surface area contributed by atoms with Crippen molar-refractivity contribution in [2.24, 2.45) is 0 Å². The van der Waals surface area contributed by atoms with Gasteiger partial charge in [-0.1, -0.05) is 24.3 Å². The third-order valence-corrected chi connectivity index (χ3v) is 2.97. The molecule has 0 atom stereocenters. The van der Waals surface area contributed by atoms with E-state index in [9.17, 15) is 9.59 Å². The Bertz CT molecular complexity index is 460. The van der Waals surface area contributed by atoms with Gasteiger partial charge in [0.1, 0.15) is 0 Å². The average molecular weight is 274 g/mol. The highest BCUT2D eigenvalue weighted by atomic mass is 16.6. The van der Waals surface area contributed by atoms with Crippen LogP contribution in [0.5, 0.6) is 11.5 Å². The maximum atomic E-state index is 11.7. The Morgan fingerprint density at radius 1 is 0.750 bits per heavy atom. The number of esters is 2. The molecular weight excluding hydrogens is 256 g/mol. The van der Waals surface area contributed by atoms with Crippen molar-refractivity contribution in [1.82, 2.24) is 0 Å². The first-order chi connectivity index (χ1) is 9.75. The molecule has 0 spiro atoms. The maximum absolute atomic E-state index is 11.7. The number of benzene rings is 1. The lowest BCUT2D eigenvalue weighted by molar-refractivity contribution is -0.137. The van der Waals surface area contributed by atoms with Crippen LogP contribution in [0.1, 0.15) is 38.5 Å². The third kappa shape index (κ3) is 4.53. The average Bonchev–Trinajstić information content (AvgIpc) is 2.43. The van der Waals surface area contributed by atoms with E-state index in [1.165, 1.54) is 0 Å². The number of fused-ring (bicyclic) bond motifs is 1. The van der Waals surface area contributed by atoms with Crippen molar-refractivity contribution in [2.75, 3.05) is 0 Å². The summed E-state index contributed by atoms with van der Waals surface area (Å²) in [5.41, 5.74) is 0. The van der Waals surface area contributed by atoms with E-state index in [4.69, 9.17) is 9.47 Å². The molecule has 20 heavy (non-hydrogen) atoms. The Balaban J connectivity index is 2.12. The van der Waals surface area contributed by atoms with Gasteiger partial charge in [-0.25, -0.2) is 0 Å². The zero-order valence-corrected chi connectivity index (χ0v) is 11.3. The predicted molar refractivity (Wildman–Crippen MR) is 74.6 cm³/mol. The quantitative estimate of drug-likeness (QED) is 0.413. The molecular formula is C16H18O4. The molecule has 1 aromatic rings. The van der Waals surface area contributed by atoms with Gasteiger partial charge in [0.2, 0.25) is 0 Å². The molecule has 1 heterocycles. The summed E-state index contributed by atoms with van der Waals surface area (Å²) in [6, 6.07) is 6.75. The topological polar surface area (TPSA) is 52.6 Å². The van der Waals surface area contributed by atoms with Crippen LogP contribution in [0.15, 0.2) is 36.4 Å². The van der Waals surface area contributed by atoms with E-state index in [0.29, 0.717) is 24.3 Å². The summed E-state index contributed by atoms with van der Waals surface area (Å²) >= 11 is 0. The van der Waals surface area contributed by atoms with Crippen LogP contribution in [-0.2, 0) is 9.59 Å².